The maximum atomic E-state index is 13.3. The average molecular weight is 503 g/mol. The minimum Gasteiger partial charge on any atom is -0.503 e. The van der Waals surface area contributed by atoms with Crippen LogP contribution in [0.4, 0.5) is 5.13 Å². The van der Waals surface area contributed by atoms with E-state index in [2.05, 4.69) is 4.98 Å². The van der Waals surface area contributed by atoms with Crippen LogP contribution >= 0.6 is 11.3 Å². The van der Waals surface area contributed by atoms with Gasteiger partial charge in [-0.3, -0.25) is 19.3 Å². The summed E-state index contributed by atoms with van der Waals surface area (Å²) in [6.45, 7) is 3.05. The Kier molecular flexibility index (Phi) is 6.93. The van der Waals surface area contributed by atoms with Crippen molar-refractivity contribution >= 4 is 46.0 Å². The standard InChI is InChI=1S/C27H22N2O6S/c1-15-24(16(2)30)36-27(28-15)29-22(18-10-12-19(13-11-18)26(34)35-3)21(23(32)25(29)33)20(31)14-9-17-7-5-4-6-8-17/h4-14,22,32H,1-3H3/b14-9+. The second-order valence-corrected chi connectivity index (χ2v) is 9.01. The monoisotopic (exact) mass is 502 g/mol. The fourth-order valence-electron chi connectivity index (χ4n) is 3.93. The fourth-order valence-corrected chi connectivity index (χ4v) is 4.92. The van der Waals surface area contributed by atoms with Crippen molar-refractivity contribution in [1.82, 2.24) is 4.98 Å². The van der Waals surface area contributed by atoms with Crippen LogP contribution in [0.3, 0.4) is 0 Å². The number of amides is 1. The number of thiazole rings is 1. The number of benzene rings is 2. The quantitative estimate of drug-likeness (QED) is 0.285. The van der Waals surface area contributed by atoms with Crippen LogP contribution in [-0.4, -0.2) is 40.6 Å². The SMILES string of the molecule is COC(=O)c1ccc(C2C(C(=O)/C=C/c3ccccc3)=C(O)C(=O)N2c2nc(C)c(C(C)=O)s2)cc1. The van der Waals surface area contributed by atoms with Crippen molar-refractivity contribution in [3.63, 3.8) is 0 Å². The maximum Gasteiger partial charge on any atom is 0.337 e. The van der Waals surface area contributed by atoms with E-state index in [0.29, 0.717) is 16.1 Å². The third-order valence-electron chi connectivity index (χ3n) is 5.66. The highest BCUT2D eigenvalue weighted by Gasteiger charge is 2.45. The van der Waals surface area contributed by atoms with Crippen molar-refractivity contribution in [2.45, 2.75) is 19.9 Å². The van der Waals surface area contributed by atoms with E-state index in [-0.39, 0.29) is 22.1 Å². The number of ketones is 2. The second-order valence-electron chi connectivity index (χ2n) is 8.03. The lowest BCUT2D eigenvalue weighted by molar-refractivity contribution is -0.117. The number of anilines is 1. The number of esters is 1. The van der Waals surface area contributed by atoms with Crippen LogP contribution in [0.5, 0.6) is 0 Å². The highest BCUT2D eigenvalue weighted by atomic mass is 32.1. The molecule has 0 bridgehead atoms. The van der Waals surface area contributed by atoms with Crippen molar-refractivity contribution in [1.29, 1.82) is 0 Å². The van der Waals surface area contributed by atoms with E-state index in [1.165, 1.54) is 37.1 Å². The van der Waals surface area contributed by atoms with E-state index < -0.39 is 29.5 Å². The van der Waals surface area contributed by atoms with Crippen LogP contribution in [-0.2, 0) is 14.3 Å². The first-order valence-electron chi connectivity index (χ1n) is 10.9. The highest BCUT2D eigenvalue weighted by Crippen LogP contribution is 2.43. The molecular weight excluding hydrogens is 480 g/mol. The van der Waals surface area contributed by atoms with Gasteiger partial charge in [0.2, 0.25) is 0 Å². The van der Waals surface area contributed by atoms with E-state index in [9.17, 15) is 24.3 Å². The Balaban J connectivity index is 1.81. The number of ether oxygens (including phenoxy) is 1. The lowest BCUT2D eigenvalue weighted by atomic mass is 9.95. The third-order valence-corrected chi connectivity index (χ3v) is 6.92. The van der Waals surface area contributed by atoms with Gasteiger partial charge in [0.05, 0.1) is 34.9 Å². The number of aliphatic hydroxyl groups excluding tert-OH is 1. The normalized spacial score (nSPS) is 15.6. The highest BCUT2D eigenvalue weighted by molar-refractivity contribution is 7.17. The first-order valence-corrected chi connectivity index (χ1v) is 11.7. The zero-order valence-electron chi connectivity index (χ0n) is 19.7. The molecule has 8 nitrogen and oxygen atoms in total. The summed E-state index contributed by atoms with van der Waals surface area (Å²) in [5.41, 5.74) is 1.83. The number of Topliss-reactive ketones (excluding diaryl/α,β-unsaturated/α-hetero) is 1. The summed E-state index contributed by atoms with van der Waals surface area (Å²) in [6.07, 6.45) is 2.89. The van der Waals surface area contributed by atoms with E-state index in [4.69, 9.17) is 4.74 Å². The van der Waals surface area contributed by atoms with Crippen LogP contribution in [0.25, 0.3) is 6.08 Å². The Bertz CT molecular complexity index is 1420. The first-order chi connectivity index (χ1) is 17.2. The van der Waals surface area contributed by atoms with Gasteiger partial charge in [0, 0.05) is 6.92 Å². The summed E-state index contributed by atoms with van der Waals surface area (Å²) >= 11 is 1.01. The van der Waals surface area contributed by atoms with Gasteiger partial charge in [0.15, 0.2) is 22.5 Å². The molecule has 36 heavy (non-hydrogen) atoms. The number of aryl methyl sites for hydroxylation is 1. The number of rotatable bonds is 7. The predicted molar refractivity (Wildman–Crippen MR) is 135 cm³/mol. The summed E-state index contributed by atoms with van der Waals surface area (Å²) in [7, 11) is 1.27. The second kappa shape index (κ2) is 10.1. The third kappa shape index (κ3) is 4.60. The van der Waals surface area contributed by atoms with Gasteiger partial charge in [0.25, 0.3) is 5.91 Å². The predicted octanol–water partition coefficient (Wildman–Crippen LogP) is 4.62. The number of aromatic nitrogens is 1. The van der Waals surface area contributed by atoms with Crippen LogP contribution in [0, 0.1) is 6.92 Å². The number of nitrogens with zero attached hydrogens (tertiary/aromatic N) is 2. The van der Waals surface area contributed by atoms with Crippen molar-refractivity contribution in [3.8, 4) is 0 Å². The van der Waals surface area contributed by atoms with Crippen molar-refractivity contribution in [2.75, 3.05) is 12.0 Å². The van der Waals surface area contributed by atoms with Crippen molar-refractivity contribution in [3.05, 3.63) is 99.3 Å². The molecule has 3 aromatic rings. The average Bonchev–Trinajstić information content (AvgIpc) is 3.39. The number of methoxy groups -OCH3 is 1. The molecule has 9 heteroatoms. The molecule has 1 amide bonds. The summed E-state index contributed by atoms with van der Waals surface area (Å²) in [5, 5.41) is 11.0. The fraction of sp³-hybridized carbons (Fsp3) is 0.148. The Hall–Kier alpha value is -4.37. The molecular formula is C27H22N2O6S. The van der Waals surface area contributed by atoms with Gasteiger partial charge in [-0.2, -0.15) is 0 Å². The zero-order valence-corrected chi connectivity index (χ0v) is 20.5. The number of hydrogen-bond donors (Lipinski definition) is 1. The molecule has 0 saturated carbocycles. The minimum atomic E-state index is -1.03. The van der Waals surface area contributed by atoms with Gasteiger partial charge < -0.3 is 9.84 Å². The molecule has 1 atom stereocenters. The lowest BCUT2D eigenvalue weighted by Gasteiger charge is -2.24. The maximum absolute atomic E-state index is 13.3. The summed E-state index contributed by atoms with van der Waals surface area (Å²) in [6, 6.07) is 14.3. The number of allylic oxidation sites excluding steroid dienone is 1. The smallest absolute Gasteiger partial charge is 0.337 e. The molecule has 1 N–H and O–H groups in total. The molecule has 2 aromatic carbocycles. The Morgan fingerprint density at radius 2 is 1.75 bits per heavy atom. The van der Waals surface area contributed by atoms with E-state index in [1.807, 2.05) is 30.3 Å². The molecule has 0 fully saturated rings. The van der Waals surface area contributed by atoms with Crippen LogP contribution in [0.1, 0.15) is 49.8 Å². The molecule has 2 heterocycles. The molecule has 0 radical (unpaired) electrons. The number of carbonyl (C=O) groups excluding carboxylic acids is 4. The minimum absolute atomic E-state index is 0.129. The summed E-state index contributed by atoms with van der Waals surface area (Å²) in [5.74, 6) is -2.81. The van der Waals surface area contributed by atoms with Crippen LogP contribution in [0.15, 0.2) is 72.0 Å². The molecule has 1 aromatic heterocycles. The van der Waals surface area contributed by atoms with Gasteiger partial charge in [-0.15, -0.1) is 0 Å². The van der Waals surface area contributed by atoms with Gasteiger partial charge >= 0.3 is 5.97 Å². The molecule has 1 unspecified atom stereocenters. The van der Waals surface area contributed by atoms with E-state index in [1.54, 1.807) is 25.1 Å². The Morgan fingerprint density at radius 1 is 1.08 bits per heavy atom. The molecule has 4 rings (SSSR count). The van der Waals surface area contributed by atoms with Crippen LogP contribution < -0.4 is 4.90 Å². The zero-order chi connectivity index (χ0) is 26.0. The van der Waals surface area contributed by atoms with Crippen molar-refractivity contribution in [2.24, 2.45) is 0 Å². The topological polar surface area (TPSA) is 114 Å². The molecule has 182 valence electrons. The van der Waals surface area contributed by atoms with E-state index in [0.717, 1.165) is 16.9 Å². The number of hydrogen-bond acceptors (Lipinski definition) is 8. The largest absolute Gasteiger partial charge is 0.503 e. The number of carbonyl (C=O) groups is 4. The first kappa shape index (κ1) is 24.7. The molecule has 1 aliphatic rings. The Morgan fingerprint density at radius 3 is 2.33 bits per heavy atom. The van der Waals surface area contributed by atoms with Gasteiger partial charge in [-0.1, -0.05) is 59.9 Å². The molecule has 0 saturated heterocycles. The Labute approximate surface area is 211 Å². The van der Waals surface area contributed by atoms with Gasteiger partial charge in [-0.05, 0) is 36.3 Å². The van der Waals surface area contributed by atoms with E-state index >= 15 is 0 Å². The summed E-state index contributed by atoms with van der Waals surface area (Å²) < 4.78 is 4.74. The molecule has 0 spiro atoms. The summed E-state index contributed by atoms with van der Waals surface area (Å²) in [4.78, 5) is 56.4. The molecule has 0 aliphatic carbocycles. The van der Waals surface area contributed by atoms with Gasteiger partial charge in [0.1, 0.15) is 0 Å². The van der Waals surface area contributed by atoms with Crippen molar-refractivity contribution < 1.29 is 29.0 Å². The van der Waals surface area contributed by atoms with Crippen LogP contribution in [0.2, 0.25) is 0 Å². The lowest BCUT2D eigenvalue weighted by Crippen LogP contribution is -2.30. The number of aliphatic hydroxyl groups is 1. The molecule has 1 aliphatic heterocycles. The van der Waals surface area contributed by atoms with Gasteiger partial charge in [-0.25, -0.2) is 9.78 Å².